The largest absolute Gasteiger partial charge is 0.478 e. The Bertz CT molecular complexity index is 3500. The summed E-state index contributed by atoms with van der Waals surface area (Å²) < 4.78 is 2.91. The number of hydrogen-bond donors (Lipinski definition) is 8. The Hall–Kier alpha value is -10.4. The van der Waals surface area contributed by atoms with Gasteiger partial charge in [0.2, 0.25) is 0 Å². The lowest BCUT2D eigenvalue weighted by molar-refractivity contribution is -0.132. The first-order valence-corrected chi connectivity index (χ1v) is 32.0. The molecule has 0 bridgehead atoms. The molecule has 9 N–H and O–H groups in total. The second kappa shape index (κ2) is 42.1. The summed E-state index contributed by atoms with van der Waals surface area (Å²) in [6, 6.07) is 8.74. The smallest absolute Gasteiger partial charge is 0.337 e. The summed E-state index contributed by atoms with van der Waals surface area (Å²) >= 11 is 0. The van der Waals surface area contributed by atoms with Gasteiger partial charge in [0.05, 0.1) is 41.7 Å². The van der Waals surface area contributed by atoms with Gasteiger partial charge in [0.15, 0.2) is 0 Å². The highest BCUT2D eigenvalue weighted by Crippen LogP contribution is 2.23. The van der Waals surface area contributed by atoms with E-state index in [-0.39, 0.29) is 41.3 Å². The van der Waals surface area contributed by atoms with Crippen LogP contribution >= 0.6 is 0 Å². The summed E-state index contributed by atoms with van der Waals surface area (Å²) in [7, 11) is 0. The Labute approximate surface area is 570 Å². The number of aromatic nitrogens is 2. The number of primary amides is 1. The van der Waals surface area contributed by atoms with Crippen LogP contribution in [0.15, 0.2) is 248 Å². The monoisotopic (exact) mass is 1310 g/mol. The van der Waals surface area contributed by atoms with E-state index in [1.54, 1.807) is 37.0 Å². The molecule has 2 aromatic rings. The van der Waals surface area contributed by atoms with Gasteiger partial charge in [-0.05, 0) is 124 Å². The van der Waals surface area contributed by atoms with Gasteiger partial charge < -0.3 is 51.9 Å². The van der Waals surface area contributed by atoms with Gasteiger partial charge in [-0.1, -0.05) is 168 Å². The van der Waals surface area contributed by atoms with Crippen molar-refractivity contribution in [3.05, 3.63) is 260 Å². The lowest BCUT2D eigenvalue weighted by Gasteiger charge is -2.17. The Morgan fingerprint density at radius 1 is 0.490 bits per heavy atom. The topological polar surface area (TPSA) is 279 Å². The van der Waals surface area contributed by atoms with Crippen molar-refractivity contribution < 1.29 is 24.3 Å². The van der Waals surface area contributed by atoms with Crippen molar-refractivity contribution in [2.75, 3.05) is 0 Å². The summed E-state index contributed by atoms with van der Waals surface area (Å²) in [5.74, 6) is 2.79. The fourth-order valence-electron chi connectivity index (χ4n) is 7.90. The molecular weight excluding hydrogens is 1200 g/mol. The number of nitriles is 1. The van der Waals surface area contributed by atoms with Crippen LogP contribution in [0.1, 0.15) is 148 Å². The number of dihydropyridines is 4. The molecule has 6 aliphatic rings. The van der Waals surface area contributed by atoms with Gasteiger partial charge in [0, 0.05) is 96.4 Å². The van der Waals surface area contributed by atoms with Gasteiger partial charge in [0.25, 0.3) is 17.0 Å². The van der Waals surface area contributed by atoms with Crippen molar-refractivity contribution in [2.45, 2.75) is 150 Å². The molecule has 6 aliphatic heterocycles. The summed E-state index contributed by atoms with van der Waals surface area (Å²) in [4.78, 5) is 74.4. The van der Waals surface area contributed by atoms with E-state index in [0.29, 0.717) is 81.4 Å². The number of carboxylic acid groups (broad SMARTS) is 1. The minimum absolute atomic E-state index is 0.00648. The van der Waals surface area contributed by atoms with E-state index >= 15 is 0 Å². The van der Waals surface area contributed by atoms with E-state index in [9.17, 15) is 28.8 Å². The van der Waals surface area contributed by atoms with E-state index in [1.165, 1.54) is 46.3 Å². The first-order chi connectivity index (χ1) is 44.8. The number of ketones is 2. The van der Waals surface area contributed by atoms with Crippen LogP contribution in [0.3, 0.4) is 0 Å². The van der Waals surface area contributed by atoms with Crippen LogP contribution in [0.2, 0.25) is 0 Å². The normalized spacial score (nSPS) is 14.9. The van der Waals surface area contributed by atoms with Crippen LogP contribution in [0.5, 0.6) is 0 Å². The van der Waals surface area contributed by atoms with Crippen molar-refractivity contribution >= 4 is 35.9 Å². The summed E-state index contributed by atoms with van der Waals surface area (Å²) in [6.07, 6.45) is 27.9. The number of aliphatic imine (C=N–C) groups is 2. The highest BCUT2D eigenvalue weighted by atomic mass is 16.4. The van der Waals surface area contributed by atoms with Gasteiger partial charge in [-0.25, -0.2) is 9.79 Å². The summed E-state index contributed by atoms with van der Waals surface area (Å²) in [6.45, 7) is 58.8. The number of amides is 1. The maximum atomic E-state index is 11.3. The third kappa shape index (κ3) is 31.5. The minimum atomic E-state index is -0.941. The number of Topliss-reactive ketones (excluding diaryl/α,β-unsaturated/α-hetero) is 2. The lowest BCUT2D eigenvalue weighted by Crippen LogP contribution is -2.23. The number of nitrogens with two attached hydrogens (primary N) is 1. The van der Waals surface area contributed by atoms with Gasteiger partial charge in [-0.2, -0.15) is 5.26 Å². The highest BCUT2D eigenvalue weighted by Gasteiger charge is 2.18. The van der Waals surface area contributed by atoms with Crippen molar-refractivity contribution in [3.63, 3.8) is 0 Å². The fraction of sp³-hybridized carbons (Fsp3) is 0.364. The van der Waals surface area contributed by atoms with Crippen molar-refractivity contribution in [3.8, 4) is 6.07 Å². The van der Waals surface area contributed by atoms with Crippen LogP contribution in [-0.2, 0) is 32.3 Å². The van der Waals surface area contributed by atoms with Gasteiger partial charge in [0.1, 0.15) is 23.5 Å². The van der Waals surface area contributed by atoms with Crippen LogP contribution in [0.25, 0.3) is 0 Å². The summed E-state index contributed by atoms with van der Waals surface area (Å²) in [5.41, 5.74) is 18.7. The zero-order valence-electron chi connectivity index (χ0n) is 60.0. The molecule has 0 atom stereocenters. The minimum Gasteiger partial charge on any atom is -0.478 e. The molecule has 0 aliphatic carbocycles. The maximum absolute atomic E-state index is 11.3. The Morgan fingerprint density at radius 3 is 1.24 bits per heavy atom. The second-order valence-corrected chi connectivity index (χ2v) is 25.4. The van der Waals surface area contributed by atoms with Crippen LogP contribution in [-0.4, -0.2) is 50.1 Å². The fourth-order valence-corrected chi connectivity index (χ4v) is 7.90. The number of allylic oxidation sites excluding steroid dienone is 13. The van der Waals surface area contributed by atoms with E-state index in [0.717, 1.165) is 44.9 Å². The predicted octanol–water partition coefficient (Wildman–Crippen LogP) is 13.5. The summed E-state index contributed by atoms with van der Waals surface area (Å²) in [5, 5.41) is 35.3. The molecule has 1 amide bonds. The number of pyridine rings is 2. The van der Waals surface area contributed by atoms with Gasteiger partial charge >= 0.3 is 5.97 Å². The van der Waals surface area contributed by atoms with Crippen molar-refractivity contribution in [1.82, 2.24) is 41.0 Å². The molecule has 8 rings (SSSR count). The standard InChI is InChI=1S/2C11H15NO2.C10H14N2O.C10H12N2.C10H13NO2.C9H13N.2C8H12N2/c2*1-8(2)10-4-5-11(14)12(7-10)6-9(3)13;1-6(2)8-4-9(10(11)13)7(3)12-5-8;1-7(2)10-4-9(5-11)8(3)12-6-10;1-6(2)8-4-9(10(12)13)7(3)11-5-8;1-7(2)9-5-4-8(3)10-6-9;1-6(2)8-4-9-7(3)10-5-8;1-6(2)8-5-9-7(3)4-10-8/h2*4-5,7-8H,6H2,1-3H3;4-6,12H,3H2,1-2H3,(H2,11,13);4,6-7,12H,3H2,1-2H3;4-6,11H,3H2,1-2H3,(H,12,13);4-7,10H,3H2,1-2H3;2*4-6,9H,3H2,1-2H3. The molecule has 8 heterocycles. The van der Waals surface area contributed by atoms with Crippen molar-refractivity contribution in [2.24, 2.45) is 51.2 Å². The van der Waals surface area contributed by atoms with Crippen LogP contribution < -0.4 is 48.8 Å². The molecule has 19 nitrogen and oxygen atoms in total. The quantitative estimate of drug-likeness (QED) is 0.0874. The molecule has 0 saturated carbocycles. The molecular formula is C77H106N12O7. The molecule has 516 valence electrons. The number of nitrogens with zero attached hydrogens (tertiary/aromatic N) is 5. The third-order valence-electron chi connectivity index (χ3n) is 14.3. The number of hydrogen-bond acceptors (Lipinski definition) is 15. The molecule has 0 aromatic carbocycles. The first kappa shape index (κ1) is 83.7. The van der Waals surface area contributed by atoms with E-state index in [4.69, 9.17) is 16.1 Å². The average molecular weight is 1310 g/mol. The average Bonchev–Trinajstić information content (AvgIpc) is 0.948. The highest BCUT2D eigenvalue weighted by molar-refractivity contribution is 5.97. The molecule has 0 spiro atoms. The molecule has 0 saturated heterocycles. The molecule has 0 unspecified atom stereocenters. The van der Waals surface area contributed by atoms with Gasteiger partial charge in [-0.3, -0.25) is 29.0 Å². The lowest BCUT2D eigenvalue weighted by atomic mass is 9.98. The molecule has 19 heteroatoms. The zero-order chi connectivity index (χ0) is 73.3. The second-order valence-electron chi connectivity index (χ2n) is 25.4. The SMILES string of the molecule is C=C1C=CC(C(C)C)=CN1.C=C1C=NC(C(C)C)=CN1.C=C1N=CC(C(C)C)=CN1.C=C1NC=C(C(C)C)C=C1C#N.C=C1NC=C(C(C)C)C=C1C(=O)O.C=C1NC=C(C(C)C)C=C1C(N)=O.CC(=O)Cn1cc(C(C)C)ccc1=O.CC(=O)Cn1cc(C(C)C)ccc1=O. The van der Waals surface area contributed by atoms with E-state index in [1.807, 2.05) is 75.3 Å². The Balaban J connectivity index is 0.000000550. The number of aliphatic carboxylic acids is 1. The van der Waals surface area contributed by atoms with Crippen LogP contribution in [0.4, 0.5) is 0 Å². The third-order valence-corrected chi connectivity index (χ3v) is 14.3. The molecule has 0 radical (unpaired) electrons. The molecule has 96 heavy (non-hydrogen) atoms. The number of carbonyl (C=O) groups is 4. The molecule has 2 aromatic heterocycles. The Morgan fingerprint density at radius 2 is 0.896 bits per heavy atom. The number of nitrogens with one attached hydrogen (secondary N) is 6. The Kier molecular flexibility index (Phi) is 36.7. The first-order valence-electron chi connectivity index (χ1n) is 32.0. The van der Waals surface area contributed by atoms with Gasteiger partial charge in [-0.15, -0.1) is 0 Å². The van der Waals surface area contributed by atoms with E-state index in [2.05, 4.69) is 190 Å². The van der Waals surface area contributed by atoms with Crippen molar-refractivity contribution in [1.29, 1.82) is 5.26 Å². The molecule has 0 fully saturated rings. The number of carboxylic acids is 1. The zero-order valence-corrected chi connectivity index (χ0v) is 60.0. The predicted molar refractivity (Wildman–Crippen MR) is 395 cm³/mol. The maximum Gasteiger partial charge on any atom is 0.337 e. The van der Waals surface area contributed by atoms with E-state index < -0.39 is 11.9 Å². The van der Waals surface area contributed by atoms with Crippen LogP contribution in [0, 0.1) is 46.8 Å². The number of rotatable bonds is 14. The number of carbonyl (C=O) groups excluding carboxylic acids is 3.